The molecule has 2 atom stereocenters. The van der Waals surface area contributed by atoms with E-state index in [0.29, 0.717) is 18.0 Å². The molecule has 1 aliphatic heterocycles. The van der Waals surface area contributed by atoms with Crippen LogP contribution in [-0.4, -0.2) is 29.0 Å². The number of amides is 1. The first kappa shape index (κ1) is 13.7. The fraction of sp³-hybridized carbons (Fsp3) is 0.312. The summed E-state index contributed by atoms with van der Waals surface area (Å²) in [6, 6.07) is 10.1. The van der Waals surface area contributed by atoms with E-state index in [1.54, 1.807) is 0 Å². The first-order chi connectivity index (χ1) is 10.3. The zero-order chi connectivity index (χ0) is 14.5. The van der Waals surface area contributed by atoms with Crippen molar-refractivity contribution in [3.63, 3.8) is 0 Å². The van der Waals surface area contributed by atoms with E-state index in [2.05, 4.69) is 27.4 Å². The van der Waals surface area contributed by atoms with Gasteiger partial charge in [-0.25, -0.2) is 9.97 Å². The molecule has 1 amide bonds. The second-order valence-electron chi connectivity index (χ2n) is 5.09. The minimum atomic E-state index is -0.144. The highest BCUT2D eigenvalue weighted by atomic mass is 16.5. The highest BCUT2D eigenvalue weighted by molar-refractivity contribution is 5.93. The van der Waals surface area contributed by atoms with Gasteiger partial charge in [-0.2, -0.15) is 0 Å². The van der Waals surface area contributed by atoms with Crippen LogP contribution in [0.4, 0.5) is 0 Å². The minimum Gasteiger partial charge on any atom is -0.373 e. The zero-order valence-electron chi connectivity index (χ0n) is 11.6. The number of carbonyl (C=O) groups excluding carboxylic acids is 1. The molecule has 0 radical (unpaired) electrons. The van der Waals surface area contributed by atoms with Gasteiger partial charge in [-0.05, 0) is 12.0 Å². The maximum atomic E-state index is 12.0. The van der Waals surface area contributed by atoms with Gasteiger partial charge in [0.15, 0.2) is 0 Å². The standard InChI is InChI=1S/C16H17N3O2/c20-16(14-8-17-11-18-9-14)19-10-13-6-7-21-15(13)12-4-2-1-3-5-12/h1-5,8-9,11,13,15H,6-7,10H2,(H,19,20)/t13-,15-/m1/s1. The van der Waals surface area contributed by atoms with Crippen LogP contribution in [0.2, 0.25) is 0 Å². The molecule has 0 aliphatic carbocycles. The summed E-state index contributed by atoms with van der Waals surface area (Å²) in [7, 11) is 0. The van der Waals surface area contributed by atoms with Crippen molar-refractivity contribution in [3.8, 4) is 0 Å². The van der Waals surface area contributed by atoms with Gasteiger partial charge in [-0.15, -0.1) is 0 Å². The van der Waals surface area contributed by atoms with Crippen LogP contribution >= 0.6 is 0 Å². The average molecular weight is 283 g/mol. The summed E-state index contributed by atoms with van der Waals surface area (Å²) in [5.41, 5.74) is 1.64. The molecule has 1 aromatic heterocycles. The summed E-state index contributed by atoms with van der Waals surface area (Å²) in [5, 5.41) is 2.94. The van der Waals surface area contributed by atoms with Crippen LogP contribution in [0.25, 0.3) is 0 Å². The van der Waals surface area contributed by atoms with Gasteiger partial charge in [-0.1, -0.05) is 30.3 Å². The second kappa shape index (κ2) is 6.45. The smallest absolute Gasteiger partial charge is 0.254 e. The molecule has 0 saturated carbocycles. The molecule has 21 heavy (non-hydrogen) atoms. The monoisotopic (exact) mass is 283 g/mol. The van der Waals surface area contributed by atoms with Crippen molar-refractivity contribution >= 4 is 5.91 Å². The van der Waals surface area contributed by atoms with E-state index >= 15 is 0 Å². The predicted molar refractivity (Wildman–Crippen MR) is 77.6 cm³/mol. The van der Waals surface area contributed by atoms with Crippen LogP contribution in [0.1, 0.15) is 28.4 Å². The van der Waals surface area contributed by atoms with Crippen molar-refractivity contribution in [2.24, 2.45) is 5.92 Å². The van der Waals surface area contributed by atoms with Crippen molar-refractivity contribution in [2.45, 2.75) is 12.5 Å². The van der Waals surface area contributed by atoms with Gasteiger partial charge >= 0.3 is 0 Å². The fourth-order valence-corrected chi connectivity index (χ4v) is 2.60. The average Bonchev–Trinajstić information content (AvgIpc) is 3.03. The number of hydrogen-bond acceptors (Lipinski definition) is 4. The SMILES string of the molecule is O=C(NC[C@H]1CCO[C@@H]1c1ccccc1)c1cncnc1. The molecule has 0 spiro atoms. The molecule has 1 aliphatic rings. The van der Waals surface area contributed by atoms with Crippen molar-refractivity contribution in [1.82, 2.24) is 15.3 Å². The molecule has 5 nitrogen and oxygen atoms in total. The molecule has 3 rings (SSSR count). The molecule has 0 unspecified atom stereocenters. The van der Waals surface area contributed by atoms with Crippen molar-refractivity contribution in [3.05, 3.63) is 60.2 Å². The van der Waals surface area contributed by atoms with E-state index in [4.69, 9.17) is 4.74 Å². The quantitative estimate of drug-likeness (QED) is 0.932. The summed E-state index contributed by atoms with van der Waals surface area (Å²) in [5.74, 6) is 0.148. The van der Waals surface area contributed by atoms with Crippen LogP contribution in [0.5, 0.6) is 0 Å². The number of carbonyl (C=O) groups is 1. The Labute approximate surface area is 123 Å². The molecular formula is C16H17N3O2. The van der Waals surface area contributed by atoms with E-state index in [1.807, 2.05) is 18.2 Å². The summed E-state index contributed by atoms with van der Waals surface area (Å²) < 4.78 is 5.81. The van der Waals surface area contributed by atoms with Gasteiger partial charge in [0.1, 0.15) is 6.33 Å². The van der Waals surface area contributed by atoms with Crippen LogP contribution in [0.15, 0.2) is 49.1 Å². The topological polar surface area (TPSA) is 64.1 Å². The van der Waals surface area contributed by atoms with Gasteiger partial charge in [0, 0.05) is 31.5 Å². The maximum absolute atomic E-state index is 12.0. The number of ether oxygens (including phenoxy) is 1. The summed E-state index contributed by atoms with van der Waals surface area (Å²) >= 11 is 0. The van der Waals surface area contributed by atoms with Gasteiger partial charge in [0.05, 0.1) is 11.7 Å². The van der Waals surface area contributed by atoms with Gasteiger partial charge < -0.3 is 10.1 Å². The van der Waals surface area contributed by atoms with Crippen LogP contribution in [0.3, 0.4) is 0 Å². The molecule has 1 fully saturated rings. The lowest BCUT2D eigenvalue weighted by atomic mass is 9.95. The molecule has 1 aromatic carbocycles. The fourth-order valence-electron chi connectivity index (χ4n) is 2.60. The molecule has 1 N–H and O–H groups in total. The number of nitrogens with one attached hydrogen (secondary N) is 1. The maximum Gasteiger partial charge on any atom is 0.254 e. The molecule has 5 heteroatoms. The Balaban J connectivity index is 1.61. The lowest BCUT2D eigenvalue weighted by molar-refractivity contribution is 0.0846. The molecule has 2 heterocycles. The van der Waals surface area contributed by atoms with E-state index in [-0.39, 0.29) is 12.0 Å². The number of hydrogen-bond donors (Lipinski definition) is 1. The predicted octanol–water partition coefficient (Wildman–Crippen LogP) is 1.98. The third-order valence-electron chi connectivity index (χ3n) is 3.69. The molecule has 108 valence electrons. The second-order valence-corrected chi connectivity index (χ2v) is 5.09. The first-order valence-electron chi connectivity index (χ1n) is 7.04. The first-order valence-corrected chi connectivity index (χ1v) is 7.04. The van der Waals surface area contributed by atoms with Crippen molar-refractivity contribution < 1.29 is 9.53 Å². The Bertz CT molecular complexity index is 589. The molecule has 1 saturated heterocycles. The third kappa shape index (κ3) is 3.25. The highest BCUT2D eigenvalue weighted by Crippen LogP contribution is 2.33. The van der Waals surface area contributed by atoms with Crippen molar-refractivity contribution in [1.29, 1.82) is 0 Å². The van der Waals surface area contributed by atoms with Crippen LogP contribution in [0, 0.1) is 5.92 Å². The van der Waals surface area contributed by atoms with E-state index in [9.17, 15) is 4.79 Å². The Morgan fingerprint density at radius 1 is 1.24 bits per heavy atom. The van der Waals surface area contributed by atoms with Gasteiger partial charge in [-0.3, -0.25) is 4.79 Å². The number of benzene rings is 1. The minimum absolute atomic E-state index is 0.0542. The number of rotatable bonds is 4. The Hall–Kier alpha value is -2.27. The van der Waals surface area contributed by atoms with Gasteiger partial charge in [0.25, 0.3) is 5.91 Å². The molecular weight excluding hydrogens is 266 g/mol. The number of aromatic nitrogens is 2. The lowest BCUT2D eigenvalue weighted by Gasteiger charge is -2.19. The molecule has 2 aromatic rings. The molecule has 0 bridgehead atoms. The Kier molecular flexibility index (Phi) is 4.21. The lowest BCUT2D eigenvalue weighted by Crippen LogP contribution is -2.30. The largest absolute Gasteiger partial charge is 0.373 e. The summed E-state index contributed by atoms with van der Waals surface area (Å²) in [6.07, 6.45) is 5.45. The number of nitrogens with zero attached hydrogens (tertiary/aromatic N) is 2. The Morgan fingerprint density at radius 2 is 2.00 bits per heavy atom. The third-order valence-corrected chi connectivity index (χ3v) is 3.69. The van der Waals surface area contributed by atoms with E-state index in [1.165, 1.54) is 18.7 Å². The highest BCUT2D eigenvalue weighted by Gasteiger charge is 2.29. The van der Waals surface area contributed by atoms with Crippen LogP contribution < -0.4 is 5.32 Å². The summed E-state index contributed by atoms with van der Waals surface area (Å²) in [6.45, 7) is 1.32. The summed E-state index contributed by atoms with van der Waals surface area (Å²) in [4.78, 5) is 19.7. The van der Waals surface area contributed by atoms with E-state index < -0.39 is 0 Å². The van der Waals surface area contributed by atoms with Crippen LogP contribution in [-0.2, 0) is 4.74 Å². The zero-order valence-corrected chi connectivity index (χ0v) is 11.6. The Morgan fingerprint density at radius 3 is 2.76 bits per heavy atom. The van der Waals surface area contributed by atoms with E-state index in [0.717, 1.165) is 18.6 Å². The normalized spacial score (nSPS) is 21.1. The van der Waals surface area contributed by atoms with Crippen molar-refractivity contribution in [2.75, 3.05) is 13.2 Å². The van der Waals surface area contributed by atoms with Gasteiger partial charge in [0.2, 0.25) is 0 Å².